The van der Waals surface area contributed by atoms with E-state index in [4.69, 9.17) is 14.2 Å². The highest BCUT2D eigenvalue weighted by molar-refractivity contribution is 5.79. The van der Waals surface area contributed by atoms with Crippen LogP contribution in [-0.4, -0.2) is 78.6 Å². The third kappa shape index (κ3) is 6.22. The van der Waals surface area contributed by atoms with E-state index in [-0.39, 0.29) is 31.8 Å². The topological polar surface area (TPSA) is 109 Å². The second kappa shape index (κ2) is 13.0. The average molecular weight is 527 g/mol. The van der Waals surface area contributed by atoms with Gasteiger partial charge in [0.2, 0.25) is 12.7 Å². The molecule has 2 N–H and O–H groups in total. The van der Waals surface area contributed by atoms with E-state index in [1.54, 1.807) is 7.11 Å². The summed E-state index contributed by atoms with van der Waals surface area (Å²) in [6.07, 6.45) is 3.23. The number of aliphatic hydroxyl groups excluding tert-OH is 1. The number of unbranched alkanes of at least 4 members (excludes halogenated alkanes) is 2. The molecule has 0 bridgehead atoms. The number of fused-ring (bicyclic) bond motifs is 1. The smallest absolute Gasteiger partial charge is 0.309 e. The minimum atomic E-state index is -0.908. The SMILES string of the molecule is CCCCN(CCCCO)C(=O)CN1C[C@H](c2ccc3c(c2)OCO3)[C@@H](C(=O)O)[C@H]1c1ccc(OC)cc1. The molecule has 3 atom stereocenters. The number of carboxylic acids is 1. The zero-order valence-electron chi connectivity index (χ0n) is 22.2. The van der Waals surface area contributed by atoms with Crippen LogP contribution in [0.1, 0.15) is 55.7 Å². The molecule has 2 aromatic rings. The highest BCUT2D eigenvalue weighted by Gasteiger charge is 2.48. The van der Waals surface area contributed by atoms with Crippen molar-refractivity contribution in [3.05, 3.63) is 53.6 Å². The van der Waals surface area contributed by atoms with Gasteiger partial charge in [0.15, 0.2) is 11.5 Å². The highest BCUT2D eigenvalue weighted by Crippen LogP contribution is 2.47. The fourth-order valence-corrected chi connectivity index (χ4v) is 5.47. The number of hydrogen-bond acceptors (Lipinski definition) is 7. The van der Waals surface area contributed by atoms with E-state index in [2.05, 4.69) is 6.92 Å². The van der Waals surface area contributed by atoms with Gasteiger partial charge in [0.25, 0.3) is 0 Å². The number of aliphatic hydroxyl groups is 1. The lowest BCUT2D eigenvalue weighted by atomic mass is 9.82. The number of nitrogens with zero attached hydrogens (tertiary/aromatic N) is 2. The number of aliphatic carboxylic acids is 1. The summed E-state index contributed by atoms with van der Waals surface area (Å²) in [5.74, 6) is -0.109. The van der Waals surface area contributed by atoms with E-state index >= 15 is 0 Å². The molecule has 206 valence electrons. The predicted molar refractivity (Wildman–Crippen MR) is 142 cm³/mol. The molecule has 0 aromatic heterocycles. The fourth-order valence-electron chi connectivity index (χ4n) is 5.47. The van der Waals surface area contributed by atoms with E-state index < -0.39 is 17.9 Å². The minimum absolute atomic E-state index is 0.0228. The van der Waals surface area contributed by atoms with E-state index in [9.17, 15) is 19.8 Å². The zero-order chi connectivity index (χ0) is 27.1. The Morgan fingerprint density at radius 3 is 2.42 bits per heavy atom. The van der Waals surface area contributed by atoms with E-state index in [1.165, 1.54) is 0 Å². The number of rotatable bonds is 13. The van der Waals surface area contributed by atoms with Crippen LogP contribution in [0.15, 0.2) is 42.5 Å². The van der Waals surface area contributed by atoms with Crippen molar-refractivity contribution in [3.63, 3.8) is 0 Å². The highest BCUT2D eigenvalue weighted by atomic mass is 16.7. The van der Waals surface area contributed by atoms with E-state index in [0.29, 0.717) is 43.3 Å². The first-order valence-electron chi connectivity index (χ1n) is 13.4. The second-order valence-electron chi connectivity index (χ2n) is 9.90. The molecule has 1 fully saturated rings. The lowest BCUT2D eigenvalue weighted by molar-refractivity contribution is -0.144. The summed E-state index contributed by atoms with van der Waals surface area (Å²) in [4.78, 5) is 30.2. The summed E-state index contributed by atoms with van der Waals surface area (Å²) < 4.78 is 16.3. The number of ether oxygens (including phenoxy) is 3. The lowest BCUT2D eigenvalue weighted by Crippen LogP contribution is -2.42. The minimum Gasteiger partial charge on any atom is -0.497 e. The molecule has 0 radical (unpaired) electrons. The summed E-state index contributed by atoms with van der Waals surface area (Å²) in [5, 5.41) is 19.7. The number of carbonyl (C=O) groups excluding carboxylic acids is 1. The number of benzene rings is 2. The molecule has 4 rings (SSSR count). The molecule has 2 aliphatic heterocycles. The van der Waals surface area contributed by atoms with Gasteiger partial charge in [-0.15, -0.1) is 0 Å². The first-order chi connectivity index (χ1) is 18.5. The molecule has 0 saturated carbocycles. The quantitative estimate of drug-likeness (QED) is 0.381. The Kier molecular flexibility index (Phi) is 9.47. The van der Waals surface area contributed by atoms with Gasteiger partial charge in [-0.3, -0.25) is 14.5 Å². The largest absolute Gasteiger partial charge is 0.497 e. The number of hydrogen-bond donors (Lipinski definition) is 2. The molecule has 9 heteroatoms. The van der Waals surface area contributed by atoms with Crippen LogP contribution in [0.2, 0.25) is 0 Å². The Morgan fingerprint density at radius 1 is 1.03 bits per heavy atom. The van der Waals surface area contributed by atoms with Crippen LogP contribution in [0.4, 0.5) is 0 Å². The monoisotopic (exact) mass is 526 g/mol. The third-order valence-electron chi connectivity index (χ3n) is 7.47. The fraction of sp³-hybridized carbons (Fsp3) is 0.517. The molecule has 0 aliphatic carbocycles. The Labute approximate surface area is 223 Å². The molecule has 1 saturated heterocycles. The molecule has 2 heterocycles. The second-order valence-corrected chi connectivity index (χ2v) is 9.90. The summed E-state index contributed by atoms with van der Waals surface area (Å²) in [5.41, 5.74) is 1.68. The van der Waals surface area contributed by atoms with Crippen LogP contribution in [0.5, 0.6) is 17.2 Å². The van der Waals surface area contributed by atoms with Crippen molar-refractivity contribution in [2.75, 3.05) is 46.7 Å². The normalized spacial score (nSPS) is 20.4. The Hall–Kier alpha value is -3.30. The van der Waals surface area contributed by atoms with Gasteiger partial charge in [-0.05, 0) is 54.7 Å². The number of methoxy groups -OCH3 is 1. The van der Waals surface area contributed by atoms with Crippen molar-refractivity contribution < 1.29 is 34.0 Å². The number of carbonyl (C=O) groups is 2. The molecular weight excluding hydrogens is 488 g/mol. The average Bonchev–Trinajstić information content (AvgIpc) is 3.55. The van der Waals surface area contributed by atoms with Crippen molar-refractivity contribution >= 4 is 11.9 Å². The van der Waals surface area contributed by atoms with Crippen LogP contribution in [0.3, 0.4) is 0 Å². The van der Waals surface area contributed by atoms with Gasteiger partial charge in [0, 0.05) is 38.2 Å². The summed E-state index contributed by atoms with van der Waals surface area (Å²) in [7, 11) is 1.59. The van der Waals surface area contributed by atoms with Crippen molar-refractivity contribution in [2.24, 2.45) is 5.92 Å². The van der Waals surface area contributed by atoms with Crippen LogP contribution < -0.4 is 14.2 Å². The zero-order valence-corrected chi connectivity index (χ0v) is 22.2. The van der Waals surface area contributed by atoms with Crippen molar-refractivity contribution in [1.82, 2.24) is 9.80 Å². The molecule has 2 aromatic carbocycles. The van der Waals surface area contributed by atoms with Crippen LogP contribution in [-0.2, 0) is 9.59 Å². The number of carboxylic acid groups (broad SMARTS) is 1. The molecular formula is C29H38N2O7. The van der Waals surface area contributed by atoms with Crippen molar-refractivity contribution in [1.29, 1.82) is 0 Å². The Bertz CT molecular complexity index is 1090. The molecule has 0 spiro atoms. The maximum Gasteiger partial charge on any atom is 0.309 e. The molecule has 1 amide bonds. The van der Waals surface area contributed by atoms with E-state index in [0.717, 1.165) is 30.4 Å². The number of likely N-dealkylation sites (tertiary alicyclic amines) is 1. The summed E-state index contributed by atoms with van der Waals surface area (Å²) in [6.45, 7) is 4.08. The predicted octanol–water partition coefficient (Wildman–Crippen LogP) is 3.67. The first-order valence-corrected chi connectivity index (χ1v) is 13.4. The molecule has 9 nitrogen and oxygen atoms in total. The first kappa shape index (κ1) is 27.7. The van der Waals surface area contributed by atoms with Gasteiger partial charge in [-0.1, -0.05) is 31.5 Å². The van der Waals surface area contributed by atoms with Gasteiger partial charge < -0.3 is 29.3 Å². The number of amides is 1. The maximum absolute atomic E-state index is 13.6. The van der Waals surface area contributed by atoms with Crippen molar-refractivity contribution in [3.8, 4) is 17.2 Å². The Morgan fingerprint density at radius 2 is 1.74 bits per heavy atom. The van der Waals surface area contributed by atoms with Gasteiger partial charge in [0.1, 0.15) is 5.75 Å². The van der Waals surface area contributed by atoms with Crippen LogP contribution >= 0.6 is 0 Å². The summed E-state index contributed by atoms with van der Waals surface area (Å²) in [6, 6.07) is 12.5. The van der Waals surface area contributed by atoms with Crippen molar-refractivity contribution in [2.45, 2.75) is 44.6 Å². The molecule has 38 heavy (non-hydrogen) atoms. The van der Waals surface area contributed by atoms with Gasteiger partial charge in [-0.2, -0.15) is 0 Å². The van der Waals surface area contributed by atoms with Gasteiger partial charge in [-0.25, -0.2) is 0 Å². The Balaban J connectivity index is 1.65. The van der Waals surface area contributed by atoms with E-state index in [1.807, 2.05) is 52.3 Å². The summed E-state index contributed by atoms with van der Waals surface area (Å²) >= 11 is 0. The molecule has 2 aliphatic rings. The lowest BCUT2D eigenvalue weighted by Gasteiger charge is -2.30. The van der Waals surface area contributed by atoms with Gasteiger partial charge >= 0.3 is 5.97 Å². The third-order valence-corrected chi connectivity index (χ3v) is 7.47. The maximum atomic E-state index is 13.6. The van der Waals surface area contributed by atoms with Crippen LogP contribution in [0, 0.1) is 5.92 Å². The van der Waals surface area contributed by atoms with Crippen LogP contribution in [0.25, 0.3) is 0 Å². The standard InChI is InChI=1S/C29H38N2O7/c1-3-4-13-30(14-5-6-15-32)26(33)18-31-17-23(21-9-12-24-25(16-21)38-19-37-24)27(29(34)35)28(31)20-7-10-22(36-2)11-8-20/h7-12,16,23,27-28,32H,3-6,13-15,17-19H2,1-2H3,(H,34,35)/t23-,27-,28-/m1/s1. The van der Waals surface area contributed by atoms with Gasteiger partial charge in [0.05, 0.1) is 19.6 Å². The molecule has 0 unspecified atom stereocenters.